The number of hydrogen-bond donors (Lipinski definition) is 2. The number of nitrogens with zero attached hydrogens (tertiary/aromatic N) is 1. The molecule has 1 saturated heterocycles. The smallest absolute Gasteiger partial charge is 0.410 e. The van der Waals surface area contributed by atoms with Crippen LogP contribution < -0.4 is 4.74 Å². The Morgan fingerprint density at radius 2 is 2.00 bits per heavy atom. The zero-order valence-electron chi connectivity index (χ0n) is 11.5. The quantitative estimate of drug-likeness (QED) is 0.861. The van der Waals surface area contributed by atoms with Crippen molar-refractivity contribution in [2.75, 3.05) is 20.3 Å². The monoisotopic (exact) mass is 281 g/mol. The summed E-state index contributed by atoms with van der Waals surface area (Å²) in [5.41, 5.74) is 0.725. The number of likely N-dealkylation sites (tertiary alicyclic amines) is 1. The first-order valence-corrected chi connectivity index (χ1v) is 6.52. The predicted molar refractivity (Wildman–Crippen MR) is 71.5 cm³/mol. The summed E-state index contributed by atoms with van der Waals surface area (Å²) in [4.78, 5) is 13.2. The lowest BCUT2D eigenvalue weighted by atomic mass is 10.0. The first-order valence-electron chi connectivity index (χ1n) is 6.52. The Hall–Kier alpha value is -1.79. The van der Waals surface area contributed by atoms with Crippen molar-refractivity contribution in [2.24, 2.45) is 0 Å². The van der Waals surface area contributed by atoms with E-state index in [0.717, 1.165) is 5.56 Å². The molecule has 6 nitrogen and oxygen atoms in total. The number of rotatable bonds is 3. The van der Waals surface area contributed by atoms with E-state index in [4.69, 9.17) is 9.47 Å². The minimum Gasteiger partial charge on any atom is -0.497 e. The molecule has 1 aliphatic rings. The molecule has 1 aliphatic heterocycles. The Labute approximate surface area is 117 Å². The topological polar surface area (TPSA) is 79.2 Å². The van der Waals surface area contributed by atoms with E-state index in [2.05, 4.69) is 0 Å². The lowest BCUT2D eigenvalue weighted by Gasteiger charge is -2.25. The molecule has 20 heavy (non-hydrogen) atoms. The molecule has 2 rings (SSSR count). The molecular formula is C14H19NO5. The maximum absolute atomic E-state index is 11.9. The molecule has 6 heteroatoms. The van der Waals surface area contributed by atoms with Gasteiger partial charge in [-0.15, -0.1) is 0 Å². The van der Waals surface area contributed by atoms with E-state index in [0.29, 0.717) is 5.75 Å². The zero-order chi connectivity index (χ0) is 14.7. The molecule has 3 atom stereocenters. The molecule has 1 aromatic carbocycles. The number of β-amino-alcohol motifs (C(OH)–C–C–N with tert-alkyl or cyclic N) is 1. The fourth-order valence-corrected chi connectivity index (χ4v) is 2.39. The molecule has 110 valence electrons. The van der Waals surface area contributed by atoms with Gasteiger partial charge in [0, 0.05) is 0 Å². The van der Waals surface area contributed by atoms with Gasteiger partial charge in [-0.3, -0.25) is 4.90 Å². The van der Waals surface area contributed by atoms with Crippen molar-refractivity contribution in [2.45, 2.75) is 25.2 Å². The van der Waals surface area contributed by atoms with Crippen LogP contribution in [0.2, 0.25) is 0 Å². The van der Waals surface area contributed by atoms with Crippen LogP contribution in [0.3, 0.4) is 0 Å². The molecule has 1 heterocycles. The maximum atomic E-state index is 11.9. The number of benzene rings is 1. The SMILES string of the molecule is CCOC(=O)N1C[C@H](O)[C@@H](O)[C@@H]1c1ccc(OC)cc1. The molecule has 0 bridgehead atoms. The van der Waals surface area contributed by atoms with E-state index in [9.17, 15) is 15.0 Å². The van der Waals surface area contributed by atoms with E-state index in [1.165, 1.54) is 4.90 Å². The zero-order valence-corrected chi connectivity index (χ0v) is 11.5. The van der Waals surface area contributed by atoms with Crippen molar-refractivity contribution in [1.82, 2.24) is 4.90 Å². The highest BCUT2D eigenvalue weighted by Gasteiger charge is 2.43. The van der Waals surface area contributed by atoms with Crippen molar-refractivity contribution in [3.05, 3.63) is 29.8 Å². The second kappa shape index (κ2) is 6.11. The van der Waals surface area contributed by atoms with Crippen LogP contribution >= 0.6 is 0 Å². The van der Waals surface area contributed by atoms with Gasteiger partial charge in [0.1, 0.15) is 11.9 Å². The maximum Gasteiger partial charge on any atom is 0.410 e. The molecule has 0 aliphatic carbocycles. The second-order valence-electron chi connectivity index (χ2n) is 4.63. The summed E-state index contributed by atoms with van der Waals surface area (Å²) in [6.45, 7) is 2.01. The Bertz CT molecular complexity index is 461. The van der Waals surface area contributed by atoms with Gasteiger partial charge in [0.2, 0.25) is 0 Å². The second-order valence-corrected chi connectivity index (χ2v) is 4.63. The molecule has 1 fully saturated rings. The molecule has 2 N–H and O–H groups in total. The Morgan fingerprint density at radius 3 is 2.55 bits per heavy atom. The first-order chi connectivity index (χ1) is 9.58. The van der Waals surface area contributed by atoms with Gasteiger partial charge >= 0.3 is 6.09 Å². The fraction of sp³-hybridized carbons (Fsp3) is 0.500. The summed E-state index contributed by atoms with van der Waals surface area (Å²) in [5, 5.41) is 19.9. The number of amides is 1. The van der Waals surface area contributed by atoms with Crippen LogP contribution in [0.1, 0.15) is 18.5 Å². The standard InChI is InChI=1S/C14H19NO5/c1-3-20-14(18)15-8-11(16)13(17)12(15)9-4-6-10(19-2)7-5-9/h4-7,11-13,16-17H,3,8H2,1-2H3/t11-,12-,13+/m0/s1. The third-order valence-corrected chi connectivity index (χ3v) is 3.40. The highest BCUT2D eigenvalue weighted by Crippen LogP contribution is 2.33. The van der Waals surface area contributed by atoms with Crippen LogP contribution in [0.15, 0.2) is 24.3 Å². The van der Waals surface area contributed by atoms with Gasteiger partial charge in [-0.05, 0) is 24.6 Å². The largest absolute Gasteiger partial charge is 0.497 e. The average Bonchev–Trinajstić information content (AvgIpc) is 2.75. The van der Waals surface area contributed by atoms with Crippen molar-refractivity contribution >= 4 is 6.09 Å². The Morgan fingerprint density at radius 1 is 1.35 bits per heavy atom. The van der Waals surface area contributed by atoms with Crippen LogP contribution in [-0.2, 0) is 4.74 Å². The number of ether oxygens (including phenoxy) is 2. The van der Waals surface area contributed by atoms with E-state index in [1.54, 1.807) is 38.3 Å². The first kappa shape index (κ1) is 14.6. The molecule has 1 aromatic rings. The summed E-state index contributed by atoms with van der Waals surface area (Å²) in [5.74, 6) is 0.685. The van der Waals surface area contributed by atoms with Crippen molar-refractivity contribution in [3.63, 3.8) is 0 Å². The van der Waals surface area contributed by atoms with E-state index >= 15 is 0 Å². The summed E-state index contributed by atoms with van der Waals surface area (Å²) < 4.78 is 10.0. The van der Waals surface area contributed by atoms with E-state index in [1.807, 2.05) is 0 Å². The predicted octanol–water partition coefficient (Wildman–Crippen LogP) is 0.930. The normalized spacial score (nSPS) is 25.6. The van der Waals surface area contributed by atoms with Gasteiger partial charge in [-0.1, -0.05) is 12.1 Å². The van der Waals surface area contributed by atoms with Crippen LogP contribution in [0.4, 0.5) is 4.79 Å². The van der Waals surface area contributed by atoms with Crippen molar-refractivity contribution < 1.29 is 24.5 Å². The van der Waals surface area contributed by atoms with Crippen molar-refractivity contribution in [1.29, 1.82) is 0 Å². The Balaban J connectivity index is 2.26. The minimum absolute atomic E-state index is 0.0523. The molecule has 1 amide bonds. The number of carbonyl (C=O) groups excluding carboxylic acids is 1. The fourth-order valence-electron chi connectivity index (χ4n) is 2.39. The van der Waals surface area contributed by atoms with Gasteiger partial charge in [0.25, 0.3) is 0 Å². The summed E-state index contributed by atoms with van der Waals surface area (Å²) in [7, 11) is 1.56. The molecular weight excluding hydrogens is 262 g/mol. The molecule has 0 aromatic heterocycles. The summed E-state index contributed by atoms with van der Waals surface area (Å²) >= 11 is 0. The highest BCUT2D eigenvalue weighted by atomic mass is 16.6. The van der Waals surface area contributed by atoms with Crippen LogP contribution in [0.25, 0.3) is 0 Å². The third-order valence-electron chi connectivity index (χ3n) is 3.40. The summed E-state index contributed by atoms with van der Waals surface area (Å²) in [6, 6.07) is 6.40. The van der Waals surface area contributed by atoms with E-state index in [-0.39, 0.29) is 13.2 Å². The summed E-state index contributed by atoms with van der Waals surface area (Å²) in [6.07, 6.45) is -2.55. The van der Waals surface area contributed by atoms with Gasteiger partial charge in [0.15, 0.2) is 0 Å². The molecule has 0 spiro atoms. The highest BCUT2D eigenvalue weighted by molar-refractivity contribution is 5.69. The Kier molecular flexibility index (Phi) is 4.46. The van der Waals surface area contributed by atoms with Gasteiger partial charge in [-0.2, -0.15) is 0 Å². The molecule has 0 radical (unpaired) electrons. The average molecular weight is 281 g/mol. The van der Waals surface area contributed by atoms with Crippen LogP contribution in [0.5, 0.6) is 5.75 Å². The van der Waals surface area contributed by atoms with E-state index < -0.39 is 24.3 Å². The number of aliphatic hydroxyl groups is 2. The van der Waals surface area contributed by atoms with Gasteiger partial charge in [-0.25, -0.2) is 4.79 Å². The number of methoxy groups -OCH3 is 1. The lowest BCUT2D eigenvalue weighted by Crippen LogP contribution is -2.33. The number of aliphatic hydroxyl groups excluding tert-OH is 2. The van der Waals surface area contributed by atoms with Crippen LogP contribution in [0, 0.1) is 0 Å². The van der Waals surface area contributed by atoms with Gasteiger partial charge in [0.05, 0.1) is 32.4 Å². The van der Waals surface area contributed by atoms with Gasteiger partial charge < -0.3 is 19.7 Å². The number of hydrogen-bond acceptors (Lipinski definition) is 5. The number of carbonyl (C=O) groups is 1. The van der Waals surface area contributed by atoms with Crippen LogP contribution in [-0.4, -0.2) is 53.7 Å². The molecule has 0 saturated carbocycles. The third kappa shape index (κ3) is 2.71. The van der Waals surface area contributed by atoms with Crippen molar-refractivity contribution in [3.8, 4) is 5.75 Å². The minimum atomic E-state index is -1.03. The molecule has 0 unspecified atom stereocenters. The lowest BCUT2D eigenvalue weighted by molar-refractivity contribution is 0.0362.